The lowest BCUT2D eigenvalue weighted by Gasteiger charge is -1.82. The maximum Gasteiger partial charge on any atom is -0.0313 e. The van der Waals surface area contributed by atoms with E-state index in [1.807, 2.05) is 25.2 Å². The molecule has 60 valence electrons. The van der Waals surface area contributed by atoms with E-state index in [4.69, 9.17) is 0 Å². The summed E-state index contributed by atoms with van der Waals surface area (Å²) in [6.45, 7) is 5.62. The largest absolute Gasteiger partial charge is 0.0991 e. The van der Waals surface area contributed by atoms with Gasteiger partial charge in [-0.15, -0.1) is 0 Å². The van der Waals surface area contributed by atoms with Crippen molar-refractivity contribution in [1.82, 2.24) is 0 Å². The normalized spacial score (nSPS) is 12.1. The molecule has 0 amide bonds. The van der Waals surface area contributed by atoms with Gasteiger partial charge in [0, 0.05) is 0 Å². The highest BCUT2D eigenvalue weighted by Crippen LogP contribution is 1.92. The maximum absolute atomic E-state index is 3.58. The van der Waals surface area contributed by atoms with E-state index in [1.165, 1.54) is 0 Å². The molecular formula is C11H16. The average molecular weight is 148 g/mol. The molecule has 0 heterocycles. The summed E-state index contributed by atoms with van der Waals surface area (Å²) in [6.07, 6.45) is 16.4. The van der Waals surface area contributed by atoms with Gasteiger partial charge in [0.1, 0.15) is 0 Å². The zero-order chi connectivity index (χ0) is 8.36. The highest BCUT2D eigenvalue weighted by molar-refractivity contribution is 5.08. The Morgan fingerprint density at radius 2 is 1.73 bits per heavy atom. The van der Waals surface area contributed by atoms with Crippen LogP contribution in [-0.2, 0) is 0 Å². The fraction of sp³-hybridized carbons (Fsp3) is 0.273. The molecule has 0 N–H and O–H groups in total. The molecule has 0 aromatic heterocycles. The van der Waals surface area contributed by atoms with Crippen molar-refractivity contribution in [2.45, 2.75) is 19.8 Å². The van der Waals surface area contributed by atoms with E-state index in [2.05, 4.69) is 24.8 Å². The quantitative estimate of drug-likeness (QED) is 0.317. The van der Waals surface area contributed by atoms with Gasteiger partial charge in [-0.05, 0) is 19.8 Å². The third-order valence-corrected chi connectivity index (χ3v) is 1.23. The Hall–Kier alpha value is -1.04. The van der Waals surface area contributed by atoms with Crippen molar-refractivity contribution in [3.63, 3.8) is 0 Å². The molecule has 0 saturated heterocycles. The van der Waals surface area contributed by atoms with E-state index < -0.39 is 0 Å². The van der Waals surface area contributed by atoms with Gasteiger partial charge in [-0.3, -0.25) is 0 Å². The van der Waals surface area contributed by atoms with Crippen LogP contribution in [0.25, 0.3) is 0 Å². The van der Waals surface area contributed by atoms with Gasteiger partial charge in [0.2, 0.25) is 0 Å². The summed E-state index contributed by atoms with van der Waals surface area (Å²) in [7, 11) is 0. The first-order valence-corrected chi connectivity index (χ1v) is 3.97. The van der Waals surface area contributed by atoms with Crippen LogP contribution in [0.2, 0.25) is 0 Å². The van der Waals surface area contributed by atoms with Crippen molar-refractivity contribution >= 4 is 0 Å². The van der Waals surface area contributed by atoms with Crippen LogP contribution in [0.5, 0.6) is 0 Å². The lowest BCUT2D eigenvalue weighted by Crippen LogP contribution is -1.62. The van der Waals surface area contributed by atoms with Crippen LogP contribution in [0, 0.1) is 0 Å². The minimum absolute atomic E-state index is 1.12. The number of hydrogen-bond donors (Lipinski definition) is 0. The first-order chi connectivity index (χ1) is 5.41. The molecule has 0 fully saturated rings. The van der Waals surface area contributed by atoms with Crippen LogP contribution in [0.4, 0.5) is 0 Å². The topological polar surface area (TPSA) is 0 Å². The number of hydrogen-bond acceptors (Lipinski definition) is 0. The minimum Gasteiger partial charge on any atom is -0.0991 e. The van der Waals surface area contributed by atoms with E-state index in [-0.39, 0.29) is 0 Å². The summed E-state index contributed by atoms with van der Waals surface area (Å²) in [5.74, 6) is 0. The summed E-state index contributed by atoms with van der Waals surface area (Å²) >= 11 is 0. The van der Waals surface area contributed by atoms with Crippen LogP contribution in [0.3, 0.4) is 0 Å². The summed E-state index contributed by atoms with van der Waals surface area (Å²) in [6, 6.07) is 0. The summed E-state index contributed by atoms with van der Waals surface area (Å²) in [5, 5.41) is 0. The molecular weight excluding hydrogens is 132 g/mol. The predicted octanol–water partition coefficient (Wildman–Crippen LogP) is 3.64. The van der Waals surface area contributed by atoms with Gasteiger partial charge in [0.05, 0.1) is 0 Å². The average Bonchev–Trinajstić information content (AvgIpc) is 2.03. The summed E-state index contributed by atoms with van der Waals surface area (Å²) < 4.78 is 0. The number of rotatable bonds is 5. The maximum atomic E-state index is 3.58. The first-order valence-electron chi connectivity index (χ1n) is 3.97. The van der Waals surface area contributed by atoms with Gasteiger partial charge in [0.25, 0.3) is 0 Å². The van der Waals surface area contributed by atoms with Gasteiger partial charge in [-0.25, -0.2) is 0 Å². The van der Waals surface area contributed by atoms with Crippen molar-refractivity contribution in [2.24, 2.45) is 0 Å². The van der Waals surface area contributed by atoms with Crippen LogP contribution < -0.4 is 0 Å². The van der Waals surface area contributed by atoms with Crippen LogP contribution >= 0.6 is 0 Å². The Labute approximate surface area is 69.6 Å². The van der Waals surface area contributed by atoms with E-state index >= 15 is 0 Å². The second-order valence-corrected chi connectivity index (χ2v) is 2.20. The zero-order valence-corrected chi connectivity index (χ0v) is 7.16. The van der Waals surface area contributed by atoms with E-state index in [1.54, 1.807) is 6.08 Å². The summed E-state index contributed by atoms with van der Waals surface area (Å²) in [4.78, 5) is 0. The Morgan fingerprint density at radius 3 is 2.36 bits per heavy atom. The molecule has 0 aliphatic rings. The van der Waals surface area contributed by atoms with Crippen molar-refractivity contribution in [3.8, 4) is 0 Å². The molecule has 0 aliphatic heterocycles. The predicted molar refractivity (Wildman–Crippen MR) is 52.5 cm³/mol. The van der Waals surface area contributed by atoms with E-state index in [0.717, 1.165) is 12.8 Å². The van der Waals surface area contributed by atoms with Gasteiger partial charge in [-0.1, -0.05) is 49.1 Å². The molecule has 0 aromatic carbocycles. The third-order valence-electron chi connectivity index (χ3n) is 1.23. The molecule has 0 atom stereocenters. The molecule has 0 saturated carbocycles. The van der Waals surface area contributed by atoms with Crippen molar-refractivity contribution in [2.75, 3.05) is 0 Å². The molecule has 0 nitrogen and oxygen atoms in total. The summed E-state index contributed by atoms with van der Waals surface area (Å²) in [5.41, 5.74) is 0. The molecule has 0 spiro atoms. The monoisotopic (exact) mass is 148 g/mol. The molecule has 0 heteroatoms. The lowest BCUT2D eigenvalue weighted by atomic mass is 10.2. The highest BCUT2D eigenvalue weighted by Gasteiger charge is 1.72. The zero-order valence-electron chi connectivity index (χ0n) is 7.16. The Balaban J connectivity index is 3.29. The van der Waals surface area contributed by atoms with Gasteiger partial charge in [-0.2, -0.15) is 0 Å². The molecule has 0 aliphatic carbocycles. The lowest BCUT2D eigenvalue weighted by molar-refractivity contribution is 1.05. The molecule has 11 heavy (non-hydrogen) atoms. The second-order valence-electron chi connectivity index (χ2n) is 2.20. The van der Waals surface area contributed by atoms with Gasteiger partial charge in [0.15, 0.2) is 0 Å². The van der Waals surface area contributed by atoms with Crippen molar-refractivity contribution < 1.29 is 0 Å². The Morgan fingerprint density at radius 1 is 1.00 bits per heavy atom. The SMILES string of the molecule is C=CC=CC=CCCC=CC. The molecule has 0 bridgehead atoms. The van der Waals surface area contributed by atoms with Crippen LogP contribution in [0.1, 0.15) is 19.8 Å². The smallest absolute Gasteiger partial charge is 0.0313 e. The fourth-order valence-electron chi connectivity index (χ4n) is 0.677. The van der Waals surface area contributed by atoms with Crippen molar-refractivity contribution in [1.29, 1.82) is 0 Å². The van der Waals surface area contributed by atoms with Crippen molar-refractivity contribution in [3.05, 3.63) is 49.1 Å². The minimum atomic E-state index is 1.12. The number of allylic oxidation sites excluding steroid dienone is 7. The standard InChI is InChI=1S/C11H16/c1-3-5-7-9-11-10-8-6-4-2/h3-7,9,11H,1,8,10H2,2H3. The van der Waals surface area contributed by atoms with Crippen LogP contribution in [-0.4, -0.2) is 0 Å². The highest BCUT2D eigenvalue weighted by atomic mass is 13.8. The van der Waals surface area contributed by atoms with Crippen LogP contribution in [0.15, 0.2) is 49.1 Å². The Bertz CT molecular complexity index is 159. The van der Waals surface area contributed by atoms with E-state index in [9.17, 15) is 0 Å². The molecule has 0 aromatic rings. The Kier molecular flexibility index (Phi) is 8.11. The third kappa shape index (κ3) is 8.96. The molecule has 0 radical (unpaired) electrons. The number of unbranched alkanes of at least 4 members (excludes halogenated alkanes) is 1. The molecule has 0 unspecified atom stereocenters. The molecule has 0 rings (SSSR count). The van der Waals surface area contributed by atoms with Gasteiger partial charge < -0.3 is 0 Å². The van der Waals surface area contributed by atoms with Gasteiger partial charge >= 0.3 is 0 Å². The first kappa shape index (κ1) is 9.96. The fourth-order valence-corrected chi connectivity index (χ4v) is 0.677. The second kappa shape index (κ2) is 8.96. The van der Waals surface area contributed by atoms with E-state index in [0.29, 0.717) is 0 Å².